The van der Waals surface area contributed by atoms with E-state index in [1.54, 1.807) is 12.1 Å². The molecule has 1 saturated heterocycles. The molecule has 0 aromatic heterocycles. The SMILES string of the molecule is OC[C@H]1OC(Oc2ccc3cc(Br)ccc3c2)[C@H](O)[C@@H](O)[C@@H]1O. The first-order chi connectivity index (χ1) is 11.0. The molecule has 0 spiro atoms. The van der Waals surface area contributed by atoms with Gasteiger partial charge in [0.05, 0.1) is 6.61 Å². The van der Waals surface area contributed by atoms with E-state index in [1.807, 2.05) is 24.3 Å². The largest absolute Gasteiger partial charge is 0.462 e. The van der Waals surface area contributed by atoms with Crippen molar-refractivity contribution in [1.29, 1.82) is 0 Å². The summed E-state index contributed by atoms with van der Waals surface area (Å²) >= 11 is 3.41. The first-order valence-corrected chi connectivity index (χ1v) is 7.95. The van der Waals surface area contributed by atoms with Crippen molar-refractivity contribution in [2.75, 3.05) is 6.61 Å². The maximum absolute atomic E-state index is 9.98. The lowest BCUT2D eigenvalue weighted by molar-refractivity contribution is -0.277. The Bertz CT molecular complexity index is 691. The quantitative estimate of drug-likeness (QED) is 0.624. The molecule has 0 saturated carbocycles. The number of halogens is 1. The second-order valence-electron chi connectivity index (χ2n) is 5.47. The minimum Gasteiger partial charge on any atom is -0.462 e. The van der Waals surface area contributed by atoms with E-state index in [4.69, 9.17) is 9.47 Å². The highest BCUT2D eigenvalue weighted by Gasteiger charge is 2.44. The third-order valence-electron chi connectivity index (χ3n) is 3.87. The predicted molar refractivity (Wildman–Crippen MR) is 86.0 cm³/mol. The molecule has 1 aliphatic rings. The average Bonchev–Trinajstić information content (AvgIpc) is 2.55. The third kappa shape index (κ3) is 3.35. The molecule has 1 unspecified atom stereocenters. The van der Waals surface area contributed by atoms with Crippen molar-refractivity contribution < 1.29 is 29.9 Å². The predicted octanol–water partition coefficient (Wildman–Crippen LogP) is 0.781. The van der Waals surface area contributed by atoms with Gasteiger partial charge in [-0.05, 0) is 35.0 Å². The van der Waals surface area contributed by atoms with Crippen LogP contribution in [0.5, 0.6) is 5.75 Å². The van der Waals surface area contributed by atoms with Gasteiger partial charge >= 0.3 is 0 Å². The van der Waals surface area contributed by atoms with Crippen LogP contribution in [0.1, 0.15) is 0 Å². The summed E-state index contributed by atoms with van der Waals surface area (Å²) in [4.78, 5) is 0. The van der Waals surface area contributed by atoms with Gasteiger partial charge in [-0.25, -0.2) is 0 Å². The molecule has 5 atom stereocenters. The Morgan fingerprint density at radius 2 is 1.65 bits per heavy atom. The van der Waals surface area contributed by atoms with Crippen LogP contribution in [0.2, 0.25) is 0 Å². The van der Waals surface area contributed by atoms with E-state index in [0.29, 0.717) is 5.75 Å². The van der Waals surface area contributed by atoms with Gasteiger partial charge in [-0.2, -0.15) is 0 Å². The second-order valence-corrected chi connectivity index (χ2v) is 6.38. The number of hydrogen-bond donors (Lipinski definition) is 4. The molecule has 3 rings (SSSR count). The molecule has 0 radical (unpaired) electrons. The van der Waals surface area contributed by atoms with Crippen LogP contribution in [-0.2, 0) is 4.74 Å². The van der Waals surface area contributed by atoms with Crippen molar-refractivity contribution in [2.45, 2.75) is 30.7 Å². The van der Waals surface area contributed by atoms with Crippen molar-refractivity contribution in [3.8, 4) is 5.75 Å². The fourth-order valence-electron chi connectivity index (χ4n) is 2.57. The molecule has 0 amide bonds. The Morgan fingerprint density at radius 1 is 0.957 bits per heavy atom. The summed E-state index contributed by atoms with van der Waals surface area (Å²) in [5, 5.41) is 40.6. The van der Waals surface area contributed by atoms with Crippen molar-refractivity contribution in [3.63, 3.8) is 0 Å². The molecule has 4 N–H and O–H groups in total. The molecule has 0 bridgehead atoms. The van der Waals surface area contributed by atoms with Crippen LogP contribution in [0.3, 0.4) is 0 Å². The van der Waals surface area contributed by atoms with E-state index in [1.165, 1.54) is 0 Å². The highest BCUT2D eigenvalue weighted by molar-refractivity contribution is 9.10. The minimum absolute atomic E-state index is 0.448. The lowest BCUT2D eigenvalue weighted by Gasteiger charge is -2.39. The molecule has 1 heterocycles. The molecule has 23 heavy (non-hydrogen) atoms. The zero-order valence-corrected chi connectivity index (χ0v) is 13.6. The summed E-state index contributed by atoms with van der Waals surface area (Å²) in [5.74, 6) is 0.448. The van der Waals surface area contributed by atoms with E-state index < -0.39 is 37.3 Å². The molecule has 1 aliphatic heterocycles. The van der Waals surface area contributed by atoms with Crippen LogP contribution in [0.15, 0.2) is 40.9 Å². The third-order valence-corrected chi connectivity index (χ3v) is 4.37. The maximum Gasteiger partial charge on any atom is 0.229 e. The van der Waals surface area contributed by atoms with Gasteiger partial charge in [-0.3, -0.25) is 0 Å². The normalized spacial score (nSPS) is 31.3. The van der Waals surface area contributed by atoms with Crippen LogP contribution < -0.4 is 4.74 Å². The number of benzene rings is 2. The summed E-state index contributed by atoms with van der Waals surface area (Å²) in [7, 11) is 0. The Hall–Kier alpha value is -1.22. The first kappa shape index (κ1) is 16.6. The lowest BCUT2D eigenvalue weighted by Crippen LogP contribution is -2.60. The van der Waals surface area contributed by atoms with E-state index in [9.17, 15) is 20.4 Å². The standard InChI is InChI=1S/C16H17BrO6/c17-10-3-1-9-6-11(4-2-8(9)5-10)22-16-15(21)14(20)13(19)12(7-18)23-16/h1-6,12-16,18-21H,7H2/t12-,13-,14+,15-,16?/m1/s1. The molecule has 2 aromatic carbocycles. The average molecular weight is 385 g/mol. The van der Waals surface area contributed by atoms with Gasteiger partial charge < -0.3 is 29.9 Å². The number of aliphatic hydroxyl groups is 4. The summed E-state index contributed by atoms with van der Waals surface area (Å²) in [6.07, 6.45) is -6.45. The molecule has 7 heteroatoms. The highest BCUT2D eigenvalue weighted by atomic mass is 79.9. The van der Waals surface area contributed by atoms with Gasteiger partial charge in [0, 0.05) is 4.47 Å². The molecular weight excluding hydrogens is 368 g/mol. The van der Waals surface area contributed by atoms with Crippen LogP contribution in [0, 0.1) is 0 Å². The highest BCUT2D eigenvalue weighted by Crippen LogP contribution is 2.28. The number of rotatable bonds is 3. The topological polar surface area (TPSA) is 99.4 Å². The lowest BCUT2D eigenvalue weighted by atomic mass is 9.99. The maximum atomic E-state index is 9.98. The van der Waals surface area contributed by atoms with Gasteiger partial charge in [0.25, 0.3) is 0 Å². The smallest absolute Gasteiger partial charge is 0.229 e. The Morgan fingerprint density at radius 3 is 2.39 bits per heavy atom. The van der Waals surface area contributed by atoms with Crippen molar-refractivity contribution >= 4 is 26.7 Å². The van der Waals surface area contributed by atoms with Crippen LogP contribution in [0.25, 0.3) is 10.8 Å². The number of aliphatic hydroxyl groups excluding tert-OH is 4. The summed E-state index contributed by atoms with van der Waals surface area (Å²) in [5.41, 5.74) is 0. The molecule has 2 aromatic rings. The van der Waals surface area contributed by atoms with Gasteiger partial charge in [-0.15, -0.1) is 0 Å². The number of hydrogen-bond acceptors (Lipinski definition) is 6. The molecule has 6 nitrogen and oxygen atoms in total. The fourth-order valence-corrected chi connectivity index (χ4v) is 2.95. The van der Waals surface area contributed by atoms with Gasteiger partial charge in [0.2, 0.25) is 6.29 Å². The zero-order chi connectivity index (χ0) is 16.6. The molecular formula is C16H17BrO6. The van der Waals surface area contributed by atoms with Crippen molar-refractivity contribution in [3.05, 3.63) is 40.9 Å². The van der Waals surface area contributed by atoms with Crippen LogP contribution >= 0.6 is 15.9 Å². The number of ether oxygens (including phenoxy) is 2. The van der Waals surface area contributed by atoms with Crippen LogP contribution in [0.4, 0.5) is 0 Å². The Kier molecular flexibility index (Phi) is 4.86. The van der Waals surface area contributed by atoms with E-state index in [2.05, 4.69) is 15.9 Å². The summed E-state index contributed by atoms with van der Waals surface area (Å²) < 4.78 is 11.9. The monoisotopic (exact) mass is 384 g/mol. The molecule has 124 valence electrons. The Balaban J connectivity index is 1.81. The van der Waals surface area contributed by atoms with Crippen LogP contribution in [-0.4, -0.2) is 57.7 Å². The molecule has 1 fully saturated rings. The van der Waals surface area contributed by atoms with Crippen molar-refractivity contribution in [1.82, 2.24) is 0 Å². The van der Waals surface area contributed by atoms with Gasteiger partial charge in [-0.1, -0.05) is 28.1 Å². The van der Waals surface area contributed by atoms with E-state index in [-0.39, 0.29) is 0 Å². The van der Waals surface area contributed by atoms with E-state index >= 15 is 0 Å². The second kappa shape index (κ2) is 6.72. The summed E-state index contributed by atoms with van der Waals surface area (Å²) in [6, 6.07) is 11.1. The number of fused-ring (bicyclic) bond motifs is 1. The molecule has 0 aliphatic carbocycles. The van der Waals surface area contributed by atoms with Crippen molar-refractivity contribution in [2.24, 2.45) is 0 Å². The van der Waals surface area contributed by atoms with Gasteiger partial charge in [0.15, 0.2) is 0 Å². The first-order valence-electron chi connectivity index (χ1n) is 7.16. The zero-order valence-electron chi connectivity index (χ0n) is 12.0. The van der Waals surface area contributed by atoms with Gasteiger partial charge in [0.1, 0.15) is 30.2 Å². The van der Waals surface area contributed by atoms with E-state index in [0.717, 1.165) is 15.2 Å². The summed E-state index contributed by atoms with van der Waals surface area (Å²) in [6.45, 7) is -0.490. The minimum atomic E-state index is -1.46. The Labute approximate surface area is 141 Å². The fraction of sp³-hybridized carbons (Fsp3) is 0.375.